The van der Waals surface area contributed by atoms with Gasteiger partial charge in [0, 0.05) is 37.0 Å². The molecule has 4 aliphatic carbocycles. The maximum absolute atomic E-state index is 14.1. The van der Waals surface area contributed by atoms with Gasteiger partial charge in [-0.1, -0.05) is 27.7 Å². The zero-order valence-electron chi connectivity index (χ0n) is 21.8. The number of hydrogen-bond donors (Lipinski definition) is 0. The predicted molar refractivity (Wildman–Crippen MR) is 128 cm³/mol. The first-order valence-corrected chi connectivity index (χ1v) is 14.1. The molecule has 0 aromatic carbocycles. The molecule has 0 amide bonds. The van der Waals surface area contributed by atoms with Gasteiger partial charge in [-0.05, 0) is 80.0 Å². The summed E-state index contributed by atoms with van der Waals surface area (Å²) in [6, 6.07) is 0. The van der Waals surface area contributed by atoms with Crippen molar-refractivity contribution in [2.75, 3.05) is 6.61 Å². The average Bonchev–Trinajstić information content (AvgIpc) is 3.23. The standard InChI is InChI=1S/C29H44O5/c1-16-8-11-29(32-15-16)17(2)26-24(34-29)13-23-21-7-6-19-12-20(33-18(3)30)9-10-27(19,4)22(21)14-25(31)28(23,26)5/h16-17,19-24,26H,6-15H2,1-5H3/t16?,17-,19-,20?,21?,22?,23?,24?,26?,27?,28?,29?/m0/s1. The van der Waals surface area contributed by atoms with Crippen molar-refractivity contribution in [3.8, 4) is 0 Å². The van der Waals surface area contributed by atoms with Gasteiger partial charge in [0.25, 0.3) is 0 Å². The minimum Gasteiger partial charge on any atom is -0.463 e. The molecule has 6 rings (SSSR count). The number of ketones is 1. The van der Waals surface area contributed by atoms with Gasteiger partial charge in [0.1, 0.15) is 11.9 Å². The van der Waals surface area contributed by atoms with E-state index in [0.717, 1.165) is 51.6 Å². The Balaban J connectivity index is 1.25. The van der Waals surface area contributed by atoms with E-state index in [4.69, 9.17) is 14.2 Å². The van der Waals surface area contributed by atoms with Crippen molar-refractivity contribution in [1.82, 2.24) is 0 Å². The normalized spacial score (nSPS) is 56.4. The van der Waals surface area contributed by atoms with Crippen LogP contribution in [0.1, 0.15) is 92.4 Å². The number of ether oxygens (including phenoxy) is 3. The van der Waals surface area contributed by atoms with E-state index in [2.05, 4.69) is 27.7 Å². The number of esters is 1. The van der Waals surface area contributed by atoms with Crippen LogP contribution in [0.25, 0.3) is 0 Å². The summed E-state index contributed by atoms with van der Waals surface area (Å²) < 4.78 is 18.8. The average molecular weight is 473 g/mol. The molecule has 2 saturated heterocycles. The lowest BCUT2D eigenvalue weighted by Gasteiger charge is -2.60. The van der Waals surface area contributed by atoms with Crippen molar-refractivity contribution in [2.24, 2.45) is 52.3 Å². The Kier molecular flexibility index (Phi) is 5.37. The lowest BCUT2D eigenvalue weighted by atomic mass is 9.44. The van der Waals surface area contributed by atoms with Crippen LogP contribution in [-0.2, 0) is 23.8 Å². The van der Waals surface area contributed by atoms with Gasteiger partial charge < -0.3 is 14.2 Å². The van der Waals surface area contributed by atoms with Gasteiger partial charge in [-0.2, -0.15) is 0 Å². The highest BCUT2D eigenvalue weighted by Gasteiger charge is 2.71. The molecule has 1 spiro atoms. The Labute approximate surface area is 205 Å². The van der Waals surface area contributed by atoms with E-state index in [9.17, 15) is 9.59 Å². The van der Waals surface area contributed by atoms with Gasteiger partial charge >= 0.3 is 5.97 Å². The molecule has 4 saturated carbocycles. The van der Waals surface area contributed by atoms with Gasteiger partial charge in [-0.15, -0.1) is 0 Å². The molecule has 10 unspecified atom stereocenters. The van der Waals surface area contributed by atoms with Crippen LogP contribution in [-0.4, -0.2) is 36.4 Å². The Bertz CT molecular complexity index is 861. The number of Topliss-reactive ketones (excluding diaryl/α,β-unsaturated/α-hetero) is 1. The smallest absolute Gasteiger partial charge is 0.302 e. The minimum atomic E-state index is -0.467. The molecule has 6 aliphatic rings. The number of rotatable bonds is 1. The summed E-state index contributed by atoms with van der Waals surface area (Å²) in [5, 5.41) is 0. The lowest BCUT2D eigenvalue weighted by molar-refractivity contribution is -0.272. The van der Waals surface area contributed by atoms with Gasteiger partial charge in [-0.25, -0.2) is 0 Å². The maximum Gasteiger partial charge on any atom is 0.302 e. The number of carbonyl (C=O) groups excluding carboxylic acids is 2. The monoisotopic (exact) mass is 472 g/mol. The molecule has 0 aromatic heterocycles. The number of hydrogen-bond acceptors (Lipinski definition) is 5. The van der Waals surface area contributed by atoms with E-state index in [0.29, 0.717) is 35.4 Å². The number of fused-ring (bicyclic) bond motifs is 7. The molecule has 5 heteroatoms. The van der Waals surface area contributed by atoms with Crippen LogP contribution in [0.2, 0.25) is 0 Å². The van der Waals surface area contributed by atoms with Crippen LogP contribution < -0.4 is 0 Å². The highest BCUT2D eigenvalue weighted by Crippen LogP contribution is 2.70. The largest absolute Gasteiger partial charge is 0.463 e. The topological polar surface area (TPSA) is 61.8 Å². The molecule has 6 fully saturated rings. The highest BCUT2D eigenvalue weighted by molar-refractivity contribution is 5.87. The molecule has 0 N–H and O–H groups in total. The van der Waals surface area contributed by atoms with Crippen LogP contribution in [0.15, 0.2) is 0 Å². The van der Waals surface area contributed by atoms with E-state index < -0.39 is 5.79 Å². The molecule has 2 aliphatic heterocycles. The van der Waals surface area contributed by atoms with Crippen LogP contribution >= 0.6 is 0 Å². The molecular weight excluding hydrogens is 428 g/mol. The van der Waals surface area contributed by atoms with E-state index in [1.165, 1.54) is 19.8 Å². The molecule has 12 atom stereocenters. The van der Waals surface area contributed by atoms with Crippen molar-refractivity contribution >= 4 is 11.8 Å². The summed E-state index contributed by atoms with van der Waals surface area (Å²) in [6.45, 7) is 11.6. The van der Waals surface area contributed by atoms with Crippen LogP contribution in [0.5, 0.6) is 0 Å². The fourth-order valence-electron chi connectivity index (χ4n) is 10.3. The van der Waals surface area contributed by atoms with Crippen molar-refractivity contribution in [3.05, 3.63) is 0 Å². The molecule has 190 valence electrons. The van der Waals surface area contributed by atoms with Crippen molar-refractivity contribution < 1.29 is 23.8 Å². The fraction of sp³-hybridized carbons (Fsp3) is 0.931. The minimum absolute atomic E-state index is 0.0613. The van der Waals surface area contributed by atoms with Crippen molar-refractivity contribution in [3.63, 3.8) is 0 Å². The van der Waals surface area contributed by atoms with E-state index in [1.54, 1.807) is 0 Å². The summed E-state index contributed by atoms with van der Waals surface area (Å²) >= 11 is 0. The third kappa shape index (κ3) is 3.11. The molecule has 0 bridgehead atoms. The summed E-state index contributed by atoms with van der Waals surface area (Å²) in [7, 11) is 0. The zero-order valence-corrected chi connectivity index (χ0v) is 21.8. The van der Waals surface area contributed by atoms with E-state index in [-0.39, 0.29) is 40.8 Å². The Morgan fingerprint density at radius 1 is 1.03 bits per heavy atom. The van der Waals surface area contributed by atoms with Crippen LogP contribution in [0.3, 0.4) is 0 Å². The fourth-order valence-corrected chi connectivity index (χ4v) is 10.3. The molecule has 0 radical (unpaired) electrons. The van der Waals surface area contributed by atoms with Gasteiger partial charge in [0.15, 0.2) is 5.79 Å². The third-order valence-electron chi connectivity index (χ3n) is 12.1. The second kappa shape index (κ2) is 7.78. The first kappa shape index (κ1) is 23.5. The van der Waals surface area contributed by atoms with E-state index in [1.807, 2.05) is 0 Å². The van der Waals surface area contributed by atoms with Gasteiger partial charge in [-0.3, -0.25) is 9.59 Å². The SMILES string of the molecule is CC(=O)OC1CCC2(C)C3CC(=O)C4(C)C(CC5OC6(CCC(C)CO6)[C@@H](C)C54)C3CC[C@H]2C1. The first-order chi connectivity index (χ1) is 16.1. The summed E-state index contributed by atoms with van der Waals surface area (Å²) in [4.78, 5) is 25.7. The van der Waals surface area contributed by atoms with Crippen molar-refractivity contribution in [1.29, 1.82) is 0 Å². The van der Waals surface area contributed by atoms with E-state index >= 15 is 0 Å². The molecule has 0 aromatic rings. The molecule has 2 heterocycles. The Morgan fingerprint density at radius 2 is 1.82 bits per heavy atom. The van der Waals surface area contributed by atoms with Gasteiger partial charge in [0.2, 0.25) is 0 Å². The quantitative estimate of drug-likeness (QED) is 0.469. The summed E-state index contributed by atoms with van der Waals surface area (Å²) in [5.74, 6) is 3.07. The summed E-state index contributed by atoms with van der Waals surface area (Å²) in [6.07, 6.45) is 9.47. The predicted octanol–water partition coefficient (Wildman–Crippen LogP) is 5.54. The Hall–Kier alpha value is -0.940. The third-order valence-corrected chi connectivity index (χ3v) is 12.1. The summed E-state index contributed by atoms with van der Waals surface area (Å²) in [5.41, 5.74) is -0.0934. The lowest BCUT2D eigenvalue weighted by Crippen LogP contribution is -2.58. The molecule has 34 heavy (non-hydrogen) atoms. The van der Waals surface area contributed by atoms with Gasteiger partial charge in [0.05, 0.1) is 12.7 Å². The molecule has 5 nitrogen and oxygen atoms in total. The number of carbonyl (C=O) groups is 2. The molecular formula is C29H44O5. The van der Waals surface area contributed by atoms with Crippen LogP contribution in [0.4, 0.5) is 0 Å². The highest BCUT2D eigenvalue weighted by atomic mass is 16.7. The first-order valence-electron chi connectivity index (χ1n) is 14.1. The Morgan fingerprint density at radius 3 is 2.53 bits per heavy atom. The maximum atomic E-state index is 14.1. The van der Waals surface area contributed by atoms with Crippen molar-refractivity contribution in [2.45, 2.75) is 110 Å². The second-order valence-electron chi connectivity index (χ2n) is 13.5. The second-order valence-corrected chi connectivity index (χ2v) is 13.5. The zero-order chi connectivity index (χ0) is 24.0. The van der Waals surface area contributed by atoms with Crippen LogP contribution in [0, 0.1) is 52.3 Å².